The highest BCUT2D eigenvalue weighted by Crippen LogP contribution is 2.44. The molecule has 4 rings (SSSR count). The van der Waals surface area contributed by atoms with Crippen molar-refractivity contribution in [1.29, 1.82) is 0 Å². The van der Waals surface area contributed by atoms with E-state index in [9.17, 15) is 19.5 Å². The number of amides is 2. The van der Waals surface area contributed by atoms with Gasteiger partial charge in [0.1, 0.15) is 12.6 Å². The van der Waals surface area contributed by atoms with Crippen LogP contribution < -0.4 is 5.32 Å². The Morgan fingerprint density at radius 2 is 1.63 bits per heavy atom. The second kappa shape index (κ2) is 10.3. The van der Waals surface area contributed by atoms with Crippen LogP contribution in [0, 0.1) is 0 Å². The van der Waals surface area contributed by atoms with E-state index in [1.165, 1.54) is 18.0 Å². The quantitative estimate of drug-likeness (QED) is 0.401. The van der Waals surface area contributed by atoms with Crippen LogP contribution in [0.5, 0.6) is 0 Å². The highest BCUT2D eigenvalue weighted by Gasteiger charge is 2.29. The Morgan fingerprint density at radius 1 is 1.03 bits per heavy atom. The number of halogens is 1. The molecule has 0 saturated heterocycles. The Kier molecular flexibility index (Phi) is 7.21. The molecule has 0 aromatic heterocycles. The van der Waals surface area contributed by atoms with Gasteiger partial charge in [-0.1, -0.05) is 71.4 Å². The number of likely N-dealkylation sites (N-methyl/N-ethyl adjacent to an activating group) is 1. The molecule has 2 amide bonds. The first-order valence-electron chi connectivity index (χ1n) is 11.2. The fourth-order valence-electron chi connectivity index (χ4n) is 4.50. The Labute approximate surface area is 211 Å². The molecular formula is C27H25BrN2O5. The van der Waals surface area contributed by atoms with E-state index < -0.39 is 24.0 Å². The van der Waals surface area contributed by atoms with Crippen LogP contribution in [-0.4, -0.2) is 47.7 Å². The molecule has 0 spiro atoms. The lowest BCUT2D eigenvalue weighted by Gasteiger charge is -2.24. The van der Waals surface area contributed by atoms with E-state index in [1.807, 2.05) is 36.4 Å². The molecule has 0 bridgehead atoms. The predicted octanol–water partition coefficient (Wildman–Crippen LogP) is 5.75. The Bertz CT molecular complexity index is 1250. The summed E-state index contributed by atoms with van der Waals surface area (Å²) in [6.45, 7) is 1.87. The maximum Gasteiger partial charge on any atom is 0.411 e. The first-order valence-corrected chi connectivity index (χ1v) is 12.0. The lowest BCUT2D eigenvalue weighted by molar-refractivity contribution is -0.142. The monoisotopic (exact) mass is 536 g/mol. The van der Waals surface area contributed by atoms with Gasteiger partial charge < -0.3 is 14.7 Å². The highest BCUT2D eigenvalue weighted by atomic mass is 79.9. The number of aliphatic carboxylic acids is 1. The van der Waals surface area contributed by atoms with Crippen LogP contribution >= 0.6 is 15.9 Å². The highest BCUT2D eigenvalue weighted by molar-refractivity contribution is 9.10. The molecular weight excluding hydrogens is 512 g/mol. The molecule has 0 fully saturated rings. The number of anilines is 1. The van der Waals surface area contributed by atoms with Crippen molar-refractivity contribution in [1.82, 2.24) is 4.90 Å². The summed E-state index contributed by atoms with van der Waals surface area (Å²) < 4.78 is 6.14. The number of carboxylic acids is 1. The van der Waals surface area contributed by atoms with Gasteiger partial charge in [-0.3, -0.25) is 10.1 Å². The van der Waals surface area contributed by atoms with Gasteiger partial charge in [0.25, 0.3) is 5.91 Å². The molecule has 1 unspecified atom stereocenters. The molecule has 2 N–H and O–H groups in total. The lowest BCUT2D eigenvalue weighted by Crippen LogP contribution is -2.42. The van der Waals surface area contributed by atoms with Crippen molar-refractivity contribution < 1.29 is 24.2 Å². The molecule has 3 aromatic carbocycles. The van der Waals surface area contributed by atoms with E-state index >= 15 is 0 Å². The molecule has 0 aliphatic heterocycles. The van der Waals surface area contributed by atoms with Crippen LogP contribution in [0.2, 0.25) is 0 Å². The van der Waals surface area contributed by atoms with Crippen LogP contribution in [0.15, 0.2) is 71.2 Å². The van der Waals surface area contributed by atoms with Crippen molar-refractivity contribution in [3.05, 3.63) is 87.9 Å². The van der Waals surface area contributed by atoms with Crippen molar-refractivity contribution >= 4 is 39.6 Å². The summed E-state index contributed by atoms with van der Waals surface area (Å²) in [6, 6.07) is 19.9. The summed E-state index contributed by atoms with van der Waals surface area (Å²) in [5.74, 6) is -1.60. The van der Waals surface area contributed by atoms with Gasteiger partial charge in [-0.15, -0.1) is 0 Å². The number of fused-ring (bicyclic) bond motifs is 3. The molecule has 0 heterocycles. The molecule has 7 nitrogen and oxygen atoms in total. The van der Waals surface area contributed by atoms with Crippen LogP contribution in [0.4, 0.5) is 10.5 Å². The number of hydrogen-bond acceptors (Lipinski definition) is 4. The average Bonchev–Trinajstić information content (AvgIpc) is 3.15. The third-order valence-electron chi connectivity index (χ3n) is 6.19. The fraction of sp³-hybridized carbons (Fsp3) is 0.222. The van der Waals surface area contributed by atoms with Gasteiger partial charge in [0.15, 0.2) is 0 Å². The lowest BCUT2D eigenvalue weighted by atomic mass is 9.98. The van der Waals surface area contributed by atoms with Crippen molar-refractivity contribution in [3.8, 4) is 11.1 Å². The normalized spacial score (nSPS) is 12.9. The van der Waals surface area contributed by atoms with Crippen LogP contribution in [0.1, 0.15) is 40.7 Å². The Hall–Kier alpha value is -3.65. The van der Waals surface area contributed by atoms with Crippen LogP contribution in [-0.2, 0) is 9.53 Å². The van der Waals surface area contributed by atoms with Crippen molar-refractivity contribution in [2.45, 2.75) is 25.3 Å². The SMILES string of the molecule is CCC(C(=O)O)N(C)C(=O)c1cc(Br)cc(NC(=O)OCC2c3ccccc3-c3ccccc32)c1. The molecule has 1 aliphatic rings. The number of rotatable bonds is 7. The molecule has 35 heavy (non-hydrogen) atoms. The van der Waals surface area contributed by atoms with Gasteiger partial charge in [-0.2, -0.15) is 0 Å². The summed E-state index contributed by atoms with van der Waals surface area (Å²) in [5, 5.41) is 12.0. The summed E-state index contributed by atoms with van der Waals surface area (Å²) in [6.07, 6.45) is -0.370. The van der Waals surface area contributed by atoms with Crippen LogP contribution in [0.25, 0.3) is 11.1 Å². The van der Waals surface area contributed by atoms with Crippen molar-refractivity contribution in [2.75, 3.05) is 19.0 Å². The predicted molar refractivity (Wildman–Crippen MR) is 137 cm³/mol. The number of carbonyl (C=O) groups excluding carboxylic acids is 2. The topological polar surface area (TPSA) is 95.9 Å². The van der Waals surface area contributed by atoms with Crippen molar-refractivity contribution in [3.63, 3.8) is 0 Å². The first-order chi connectivity index (χ1) is 16.8. The number of carboxylic acid groups (broad SMARTS) is 1. The summed E-state index contributed by atoms with van der Waals surface area (Å²) in [4.78, 5) is 38.1. The van der Waals surface area contributed by atoms with E-state index in [1.54, 1.807) is 19.1 Å². The third kappa shape index (κ3) is 5.07. The van der Waals surface area contributed by atoms with Gasteiger partial charge in [-0.25, -0.2) is 9.59 Å². The zero-order chi connectivity index (χ0) is 25.1. The van der Waals surface area contributed by atoms with Crippen molar-refractivity contribution in [2.24, 2.45) is 0 Å². The van der Waals surface area contributed by atoms with Gasteiger partial charge in [0.2, 0.25) is 0 Å². The van der Waals surface area contributed by atoms with E-state index in [-0.39, 0.29) is 24.5 Å². The molecule has 0 saturated carbocycles. The molecule has 3 aromatic rings. The number of ether oxygens (including phenoxy) is 1. The van der Waals surface area contributed by atoms with E-state index in [2.05, 4.69) is 33.4 Å². The standard InChI is InChI=1S/C27H25BrN2O5/c1-3-24(26(32)33)30(2)25(31)16-12-17(28)14-18(13-16)29-27(34)35-15-23-21-10-6-4-8-19(21)20-9-5-7-11-22(20)23/h4-14,23-24H,3,15H2,1-2H3,(H,29,34)(H,32,33). The second-order valence-electron chi connectivity index (χ2n) is 8.36. The van der Waals surface area contributed by atoms with E-state index in [0.717, 1.165) is 22.3 Å². The van der Waals surface area contributed by atoms with Gasteiger partial charge in [-0.05, 0) is 46.9 Å². The molecule has 8 heteroatoms. The second-order valence-corrected chi connectivity index (χ2v) is 9.27. The smallest absolute Gasteiger partial charge is 0.411 e. The third-order valence-corrected chi connectivity index (χ3v) is 6.65. The molecule has 180 valence electrons. The number of hydrogen-bond donors (Lipinski definition) is 2. The fourth-order valence-corrected chi connectivity index (χ4v) is 4.99. The maximum atomic E-state index is 12.9. The van der Waals surface area contributed by atoms with Gasteiger partial charge in [0, 0.05) is 28.7 Å². The van der Waals surface area contributed by atoms with Gasteiger partial charge >= 0.3 is 12.1 Å². The number of carbonyl (C=O) groups is 3. The number of nitrogens with zero attached hydrogens (tertiary/aromatic N) is 1. The summed E-state index contributed by atoms with van der Waals surface area (Å²) in [7, 11) is 1.45. The number of nitrogens with one attached hydrogen (secondary N) is 1. The minimum Gasteiger partial charge on any atom is -0.480 e. The maximum absolute atomic E-state index is 12.9. The summed E-state index contributed by atoms with van der Waals surface area (Å²) in [5.41, 5.74) is 5.12. The zero-order valence-corrected chi connectivity index (χ0v) is 20.9. The number of benzene rings is 3. The molecule has 1 aliphatic carbocycles. The Morgan fingerprint density at radius 3 is 2.20 bits per heavy atom. The Balaban J connectivity index is 1.46. The van der Waals surface area contributed by atoms with E-state index in [4.69, 9.17) is 4.74 Å². The largest absolute Gasteiger partial charge is 0.480 e. The first kappa shape index (κ1) is 24.5. The molecule has 1 atom stereocenters. The minimum absolute atomic E-state index is 0.0663. The van der Waals surface area contributed by atoms with Crippen LogP contribution in [0.3, 0.4) is 0 Å². The molecule has 0 radical (unpaired) electrons. The summed E-state index contributed by atoms with van der Waals surface area (Å²) >= 11 is 3.35. The van der Waals surface area contributed by atoms with Gasteiger partial charge in [0.05, 0.1) is 0 Å². The zero-order valence-electron chi connectivity index (χ0n) is 19.3. The average molecular weight is 537 g/mol. The minimum atomic E-state index is -1.07. The van der Waals surface area contributed by atoms with E-state index in [0.29, 0.717) is 10.2 Å².